The summed E-state index contributed by atoms with van der Waals surface area (Å²) >= 11 is 0. The third kappa shape index (κ3) is 5.85. The third-order valence-corrected chi connectivity index (χ3v) is 12.2. The maximum atomic E-state index is 12.6. The van der Waals surface area contributed by atoms with Crippen LogP contribution < -0.4 is 15.8 Å². The number of carbonyl (C=O) groups excluding carboxylic acids is 1. The monoisotopic (exact) mass is 547 g/mol. The van der Waals surface area contributed by atoms with E-state index in [1.807, 2.05) is 30.3 Å². The molecule has 1 aliphatic rings. The number of ether oxygens (including phenoxy) is 2. The van der Waals surface area contributed by atoms with Crippen molar-refractivity contribution in [3.63, 3.8) is 0 Å². The summed E-state index contributed by atoms with van der Waals surface area (Å²) in [5.74, 6) is 0.607. The molecule has 0 saturated carbocycles. The predicted molar refractivity (Wildman–Crippen MR) is 153 cm³/mol. The van der Waals surface area contributed by atoms with Crippen molar-refractivity contribution in [2.45, 2.75) is 57.6 Å². The fourth-order valence-corrected chi connectivity index (χ4v) is 5.66. The Labute approximate surface area is 231 Å². The largest absolute Gasteiger partial charge is 0.496 e. The number of carbonyl (C=O) groups is 1. The summed E-state index contributed by atoms with van der Waals surface area (Å²) in [6.45, 7) is 12.2. The van der Waals surface area contributed by atoms with Crippen LogP contribution in [-0.2, 0) is 15.7 Å². The summed E-state index contributed by atoms with van der Waals surface area (Å²) < 4.78 is 19.4. The Balaban J connectivity index is 1.52. The number of nitriles is 1. The number of nitrogen functional groups attached to an aromatic ring is 1. The zero-order valence-electron chi connectivity index (χ0n) is 23.4. The first-order valence-electron chi connectivity index (χ1n) is 13.0. The summed E-state index contributed by atoms with van der Waals surface area (Å²) in [7, 11) is -0.517. The summed E-state index contributed by atoms with van der Waals surface area (Å²) in [6.07, 6.45) is -0.193. The molecule has 1 amide bonds. The number of hydrogen-bond donors (Lipinski definition) is 2. The van der Waals surface area contributed by atoms with E-state index in [1.54, 1.807) is 22.9 Å². The van der Waals surface area contributed by atoms with Gasteiger partial charge in [0, 0.05) is 12.1 Å². The van der Waals surface area contributed by atoms with Crippen molar-refractivity contribution < 1.29 is 18.7 Å². The maximum absolute atomic E-state index is 12.6. The van der Waals surface area contributed by atoms with E-state index in [-0.39, 0.29) is 23.1 Å². The molecule has 206 valence electrons. The van der Waals surface area contributed by atoms with Gasteiger partial charge >= 0.3 is 0 Å². The van der Waals surface area contributed by atoms with E-state index >= 15 is 0 Å². The molecular weight excluding hydrogens is 510 g/mol. The Morgan fingerprint density at radius 2 is 1.90 bits per heavy atom. The van der Waals surface area contributed by atoms with Crippen LogP contribution >= 0.6 is 0 Å². The fraction of sp³-hybridized carbons (Fsp3) is 0.414. The number of rotatable bonds is 8. The van der Waals surface area contributed by atoms with Crippen molar-refractivity contribution in [1.82, 2.24) is 15.1 Å². The van der Waals surface area contributed by atoms with E-state index in [9.17, 15) is 10.1 Å². The third-order valence-electron chi connectivity index (χ3n) is 7.66. The van der Waals surface area contributed by atoms with Gasteiger partial charge in [-0.1, -0.05) is 57.2 Å². The fourth-order valence-electron chi connectivity index (χ4n) is 4.32. The number of methoxy groups -OCH3 is 1. The molecule has 0 aliphatic carbocycles. The van der Waals surface area contributed by atoms with Gasteiger partial charge in [0.1, 0.15) is 34.9 Å². The van der Waals surface area contributed by atoms with Crippen LogP contribution in [0.1, 0.15) is 48.3 Å². The molecular formula is C29H37N5O4Si. The second-order valence-corrected chi connectivity index (χ2v) is 16.0. The quantitative estimate of drug-likeness (QED) is 0.384. The minimum Gasteiger partial charge on any atom is -0.496 e. The number of nitrogens with two attached hydrogens (primary N) is 1. The van der Waals surface area contributed by atoms with Crippen molar-refractivity contribution in [3.8, 4) is 23.1 Å². The summed E-state index contributed by atoms with van der Waals surface area (Å²) in [6, 6.07) is 16.7. The Kier molecular flexibility index (Phi) is 8.16. The maximum Gasteiger partial charge on any atom is 0.255 e. The minimum absolute atomic E-state index is 0.0488. The lowest BCUT2D eigenvalue weighted by atomic mass is 10.1. The highest BCUT2D eigenvalue weighted by Gasteiger charge is 2.43. The van der Waals surface area contributed by atoms with Gasteiger partial charge in [-0.15, -0.1) is 0 Å². The van der Waals surface area contributed by atoms with Gasteiger partial charge < -0.3 is 25.0 Å². The summed E-state index contributed by atoms with van der Waals surface area (Å²) in [5.41, 5.74) is 9.43. The molecule has 9 nitrogen and oxygen atoms in total. The van der Waals surface area contributed by atoms with E-state index in [2.05, 4.69) is 45.3 Å². The first-order valence-corrected chi connectivity index (χ1v) is 15.9. The Morgan fingerprint density at radius 1 is 1.21 bits per heavy atom. The van der Waals surface area contributed by atoms with Crippen LogP contribution in [0.4, 0.5) is 5.82 Å². The number of nitrogens with zero attached hydrogens (tertiary/aromatic N) is 3. The number of hydrogen-bond acceptors (Lipinski definition) is 7. The van der Waals surface area contributed by atoms with Crippen molar-refractivity contribution >= 4 is 20.0 Å². The average molecular weight is 548 g/mol. The van der Waals surface area contributed by atoms with Crippen LogP contribution in [0.15, 0.2) is 48.5 Å². The standard InChI is InChI=1S/C29H37N5O4Si/c1-29(2,3)39(5,6)38-25-18-37-17-23(25)34-27(31)22(15-30)26(33-34)20-13-11-19(12-14-20)16-32-28(35)21-9-7-8-10-24(21)36-4/h7-14,23,25H,16-18,31H2,1-6H3,(H,32,35). The number of para-hydroxylation sites is 1. The van der Waals surface area contributed by atoms with Crippen molar-refractivity contribution in [1.29, 1.82) is 5.26 Å². The van der Waals surface area contributed by atoms with E-state index in [4.69, 9.17) is 24.7 Å². The molecule has 0 radical (unpaired) electrons. The molecule has 2 heterocycles. The number of amides is 1. The Morgan fingerprint density at radius 3 is 2.54 bits per heavy atom. The number of aromatic nitrogens is 2. The number of anilines is 1. The van der Waals surface area contributed by atoms with Crippen LogP contribution in [-0.4, -0.2) is 50.4 Å². The van der Waals surface area contributed by atoms with Gasteiger partial charge in [-0.05, 0) is 35.8 Å². The molecule has 2 aromatic carbocycles. The first kappa shape index (κ1) is 28.4. The second-order valence-electron chi connectivity index (χ2n) is 11.3. The molecule has 1 aromatic heterocycles. The number of benzene rings is 2. The van der Waals surface area contributed by atoms with Gasteiger partial charge in [-0.3, -0.25) is 4.79 Å². The molecule has 39 heavy (non-hydrogen) atoms. The lowest BCUT2D eigenvalue weighted by Gasteiger charge is -2.39. The molecule has 1 aliphatic heterocycles. The van der Waals surface area contributed by atoms with Crippen LogP contribution in [0.3, 0.4) is 0 Å². The molecule has 10 heteroatoms. The lowest BCUT2D eigenvalue weighted by molar-refractivity contribution is 0.0948. The zero-order chi connectivity index (χ0) is 28.4. The first-order chi connectivity index (χ1) is 18.5. The predicted octanol–water partition coefficient (Wildman–Crippen LogP) is 4.90. The van der Waals surface area contributed by atoms with E-state index in [0.717, 1.165) is 11.1 Å². The average Bonchev–Trinajstić information content (AvgIpc) is 3.49. The molecule has 1 saturated heterocycles. The van der Waals surface area contributed by atoms with Gasteiger partial charge in [0.05, 0.1) is 32.0 Å². The van der Waals surface area contributed by atoms with Crippen molar-refractivity contribution in [3.05, 3.63) is 65.2 Å². The van der Waals surface area contributed by atoms with Gasteiger partial charge in [0.15, 0.2) is 8.32 Å². The van der Waals surface area contributed by atoms with Gasteiger partial charge in [0.2, 0.25) is 0 Å². The van der Waals surface area contributed by atoms with Gasteiger partial charge in [0.25, 0.3) is 5.91 Å². The topological polar surface area (TPSA) is 124 Å². The lowest BCUT2D eigenvalue weighted by Crippen LogP contribution is -2.46. The molecule has 0 spiro atoms. The zero-order valence-corrected chi connectivity index (χ0v) is 24.4. The van der Waals surface area contributed by atoms with E-state index < -0.39 is 8.32 Å². The molecule has 1 fully saturated rings. The summed E-state index contributed by atoms with van der Waals surface area (Å²) in [5, 5.41) is 17.7. The SMILES string of the molecule is COc1ccccc1C(=O)NCc1ccc(-c2nn(C3COCC3O[Si](C)(C)C(C)(C)C)c(N)c2C#N)cc1. The number of nitrogens with one attached hydrogen (secondary N) is 1. The Bertz CT molecular complexity index is 1370. The van der Waals surface area contributed by atoms with Gasteiger partial charge in [-0.2, -0.15) is 10.4 Å². The van der Waals surface area contributed by atoms with Gasteiger partial charge in [-0.25, -0.2) is 4.68 Å². The highest BCUT2D eigenvalue weighted by Crippen LogP contribution is 2.40. The van der Waals surface area contributed by atoms with E-state index in [0.29, 0.717) is 48.1 Å². The Hall–Kier alpha value is -3.65. The molecule has 3 N–H and O–H groups in total. The van der Waals surface area contributed by atoms with Crippen LogP contribution in [0.2, 0.25) is 18.1 Å². The highest BCUT2D eigenvalue weighted by atomic mass is 28.4. The van der Waals surface area contributed by atoms with Crippen molar-refractivity contribution in [2.24, 2.45) is 0 Å². The van der Waals surface area contributed by atoms with Crippen LogP contribution in [0.5, 0.6) is 5.75 Å². The minimum atomic E-state index is -2.05. The molecule has 3 aromatic rings. The molecule has 2 unspecified atom stereocenters. The second kappa shape index (κ2) is 11.2. The molecule has 2 atom stereocenters. The van der Waals surface area contributed by atoms with E-state index in [1.165, 1.54) is 7.11 Å². The molecule has 4 rings (SSSR count). The molecule has 0 bridgehead atoms. The normalized spacial score (nSPS) is 17.6. The van der Waals surface area contributed by atoms with Crippen LogP contribution in [0.25, 0.3) is 11.3 Å². The highest BCUT2D eigenvalue weighted by molar-refractivity contribution is 6.74. The smallest absolute Gasteiger partial charge is 0.255 e. The van der Waals surface area contributed by atoms with Crippen molar-refractivity contribution in [2.75, 3.05) is 26.1 Å². The van der Waals surface area contributed by atoms with Crippen LogP contribution in [0, 0.1) is 11.3 Å². The summed E-state index contributed by atoms with van der Waals surface area (Å²) in [4.78, 5) is 12.6.